The van der Waals surface area contributed by atoms with Gasteiger partial charge in [-0.1, -0.05) is 0 Å². The highest BCUT2D eigenvalue weighted by molar-refractivity contribution is 6.55. The third-order valence-corrected chi connectivity index (χ3v) is 3.60. The van der Waals surface area contributed by atoms with E-state index in [0.717, 1.165) is 5.69 Å². The van der Waals surface area contributed by atoms with Crippen molar-refractivity contribution in [1.29, 1.82) is 0 Å². The fraction of sp³-hybridized carbons (Fsp3) is 0.583. The Hall–Kier alpha value is -1.11. The molecule has 6 heteroatoms. The van der Waals surface area contributed by atoms with Crippen LogP contribution in [0.25, 0.3) is 6.08 Å². The smallest absolute Gasteiger partial charge is 0.400 e. The van der Waals surface area contributed by atoms with Crippen molar-refractivity contribution in [2.24, 2.45) is 0 Å². The normalized spacial score (nSPS) is 22.5. The van der Waals surface area contributed by atoms with Crippen LogP contribution in [0.3, 0.4) is 0 Å². The molecule has 18 heavy (non-hydrogen) atoms. The van der Waals surface area contributed by atoms with E-state index in [-0.39, 0.29) is 6.61 Å². The molecule has 0 spiro atoms. The first-order chi connectivity index (χ1) is 8.36. The summed E-state index contributed by atoms with van der Waals surface area (Å²) in [4.78, 5) is 6.89. The molecule has 1 aliphatic heterocycles. The van der Waals surface area contributed by atoms with E-state index < -0.39 is 18.3 Å². The van der Waals surface area contributed by atoms with Gasteiger partial charge in [0.2, 0.25) is 0 Å². The topological polar surface area (TPSA) is 67.4 Å². The Balaban J connectivity index is 2.22. The van der Waals surface area contributed by atoms with Gasteiger partial charge in [0.15, 0.2) is 0 Å². The summed E-state index contributed by atoms with van der Waals surface area (Å²) in [5.74, 6) is 0. The molecule has 0 aromatic carbocycles. The predicted octanol–water partition coefficient (Wildman–Crippen LogP) is 1.42. The molecule has 0 unspecified atom stereocenters. The SMILES string of the molecule is CC1(C)OB(C(=Cc2cnc[nH]2)CO)OC1(C)C. The highest BCUT2D eigenvalue weighted by Gasteiger charge is 2.52. The highest BCUT2D eigenvalue weighted by Crippen LogP contribution is 2.38. The summed E-state index contributed by atoms with van der Waals surface area (Å²) < 4.78 is 11.8. The lowest BCUT2D eigenvalue weighted by Gasteiger charge is -2.32. The van der Waals surface area contributed by atoms with Gasteiger partial charge in [0, 0.05) is 0 Å². The quantitative estimate of drug-likeness (QED) is 0.796. The van der Waals surface area contributed by atoms with E-state index in [1.165, 1.54) is 0 Å². The Morgan fingerprint density at radius 1 is 1.39 bits per heavy atom. The van der Waals surface area contributed by atoms with Gasteiger partial charge >= 0.3 is 7.12 Å². The molecule has 2 heterocycles. The Morgan fingerprint density at radius 2 is 2.00 bits per heavy atom. The fourth-order valence-electron chi connectivity index (χ4n) is 1.73. The zero-order valence-electron chi connectivity index (χ0n) is 11.2. The Labute approximate surface area is 107 Å². The summed E-state index contributed by atoms with van der Waals surface area (Å²) in [6.45, 7) is 7.82. The molecule has 1 fully saturated rings. The van der Waals surface area contributed by atoms with Crippen molar-refractivity contribution in [3.63, 3.8) is 0 Å². The Kier molecular flexibility index (Phi) is 3.36. The number of aliphatic hydroxyl groups is 1. The molecule has 1 saturated heterocycles. The number of nitrogens with one attached hydrogen (secondary N) is 1. The Bertz CT molecular complexity index is 424. The van der Waals surface area contributed by atoms with E-state index in [0.29, 0.717) is 5.47 Å². The predicted molar refractivity (Wildman–Crippen MR) is 69.7 cm³/mol. The molecule has 1 aliphatic rings. The van der Waals surface area contributed by atoms with Crippen molar-refractivity contribution in [3.05, 3.63) is 23.7 Å². The molecule has 2 rings (SSSR count). The van der Waals surface area contributed by atoms with E-state index in [9.17, 15) is 5.11 Å². The van der Waals surface area contributed by atoms with Gasteiger partial charge in [0.1, 0.15) is 0 Å². The molecule has 0 amide bonds. The Morgan fingerprint density at radius 3 is 2.44 bits per heavy atom. The maximum Gasteiger partial charge on any atom is 0.492 e. The van der Waals surface area contributed by atoms with Gasteiger partial charge in [0.05, 0.1) is 36.0 Å². The number of nitrogens with zero attached hydrogens (tertiary/aromatic N) is 1. The highest BCUT2D eigenvalue weighted by atomic mass is 16.7. The van der Waals surface area contributed by atoms with Gasteiger partial charge in [-0.15, -0.1) is 0 Å². The summed E-state index contributed by atoms with van der Waals surface area (Å²) in [5, 5.41) is 9.46. The maximum absolute atomic E-state index is 9.46. The minimum Gasteiger partial charge on any atom is -0.400 e. The number of aromatic nitrogens is 2. The molecule has 0 bridgehead atoms. The van der Waals surface area contributed by atoms with Crippen LogP contribution >= 0.6 is 0 Å². The lowest BCUT2D eigenvalue weighted by molar-refractivity contribution is 0.00578. The van der Waals surface area contributed by atoms with Crippen molar-refractivity contribution in [3.8, 4) is 0 Å². The molecular weight excluding hydrogens is 231 g/mol. The fourth-order valence-corrected chi connectivity index (χ4v) is 1.73. The molecular formula is C12H19BN2O3. The average molecular weight is 250 g/mol. The molecule has 2 N–H and O–H groups in total. The molecule has 98 valence electrons. The third-order valence-electron chi connectivity index (χ3n) is 3.60. The van der Waals surface area contributed by atoms with Crippen molar-refractivity contribution in [1.82, 2.24) is 9.97 Å². The van der Waals surface area contributed by atoms with E-state index >= 15 is 0 Å². The van der Waals surface area contributed by atoms with E-state index in [2.05, 4.69) is 9.97 Å². The summed E-state index contributed by atoms with van der Waals surface area (Å²) >= 11 is 0. The number of hydrogen-bond acceptors (Lipinski definition) is 4. The van der Waals surface area contributed by atoms with Gasteiger partial charge in [-0.2, -0.15) is 0 Å². The van der Waals surface area contributed by atoms with Crippen molar-refractivity contribution < 1.29 is 14.4 Å². The van der Waals surface area contributed by atoms with Crippen LogP contribution in [0, 0.1) is 0 Å². The number of aromatic amines is 1. The van der Waals surface area contributed by atoms with Crippen LogP contribution in [0.4, 0.5) is 0 Å². The van der Waals surface area contributed by atoms with Crippen LogP contribution in [0.2, 0.25) is 0 Å². The molecule has 1 aromatic heterocycles. The molecule has 0 atom stereocenters. The minimum atomic E-state index is -0.525. The first kappa shape index (κ1) is 13.3. The lowest BCUT2D eigenvalue weighted by atomic mass is 9.78. The van der Waals surface area contributed by atoms with Crippen LogP contribution in [0.5, 0.6) is 0 Å². The van der Waals surface area contributed by atoms with E-state index in [1.54, 1.807) is 18.6 Å². The van der Waals surface area contributed by atoms with Gasteiger partial charge in [-0.25, -0.2) is 4.98 Å². The van der Waals surface area contributed by atoms with Crippen LogP contribution in [0.1, 0.15) is 33.4 Å². The minimum absolute atomic E-state index is 0.115. The second-order valence-electron chi connectivity index (χ2n) is 5.47. The van der Waals surface area contributed by atoms with Crippen LogP contribution in [-0.2, 0) is 9.31 Å². The summed E-state index contributed by atoms with van der Waals surface area (Å²) in [6, 6.07) is 0. The summed E-state index contributed by atoms with van der Waals surface area (Å²) in [6.07, 6.45) is 5.07. The third kappa shape index (κ3) is 2.36. The lowest BCUT2D eigenvalue weighted by Crippen LogP contribution is -2.41. The first-order valence-corrected chi connectivity index (χ1v) is 6.01. The number of rotatable bonds is 3. The van der Waals surface area contributed by atoms with Crippen molar-refractivity contribution in [2.45, 2.75) is 38.9 Å². The standard InChI is InChI=1S/C12H19BN2O3/c1-11(2)12(3,4)18-13(17-11)9(7-16)5-10-6-14-8-15-10/h5-6,8,16H,7H2,1-4H3,(H,14,15). The van der Waals surface area contributed by atoms with E-state index in [1.807, 2.05) is 27.7 Å². The van der Waals surface area contributed by atoms with Crippen molar-refractivity contribution >= 4 is 13.2 Å². The van der Waals surface area contributed by atoms with Crippen molar-refractivity contribution in [2.75, 3.05) is 6.61 Å². The monoisotopic (exact) mass is 250 g/mol. The van der Waals surface area contributed by atoms with Crippen LogP contribution < -0.4 is 0 Å². The molecule has 0 radical (unpaired) electrons. The first-order valence-electron chi connectivity index (χ1n) is 6.01. The van der Waals surface area contributed by atoms with Gasteiger partial charge in [-0.3, -0.25) is 0 Å². The zero-order chi connectivity index (χ0) is 13.4. The van der Waals surface area contributed by atoms with E-state index in [4.69, 9.17) is 9.31 Å². The summed E-state index contributed by atoms with van der Waals surface area (Å²) in [5.41, 5.74) is 0.687. The van der Waals surface area contributed by atoms with Gasteiger partial charge in [-0.05, 0) is 39.2 Å². The number of hydrogen-bond donors (Lipinski definition) is 2. The van der Waals surface area contributed by atoms with Gasteiger partial charge in [0.25, 0.3) is 0 Å². The maximum atomic E-state index is 9.46. The number of H-pyrrole nitrogens is 1. The average Bonchev–Trinajstić information content (AvgIpc) is 2.82. The zero-order valence-corrected chi connectivity index (χ0v) is 11.2. The molecule has 1 aromatic rings. The number of imidazole rings is 1. The largest absolute Gasteiger partial charge is 0.492 e. The molecule has 0 aliphatic carbocycles. The van der Waals surface area contributed by atoms with Crippen LogP contribution in [0.15, 0.2) is 18.0 Å². The molecule has 0 saturated carbocycles. The second-order valence-corrected chi connectivity index (χ2v) is 5.47. The molecule has 5 nitrogen and oxygen atoms in total. The summed E-state index contributed by atoms with van der Waals surface area (Å²) in [7, 11) is -0.525. The van der Waals surface area contributed by atoms with Crippen LogP contribution in [-0.4, -0.2) is 40.0 Å². The second kappa shape index (κ2) is 4.53. The number of aliphatic hydroxyl groups excluding tert-OH is 1. The van der Waals surface area contributed by atoms with Gasteiger partial charge < -0.3 is 19.4 Å².